The molecule has 1 aliphatic rings. The third-order valence-electron chi connectivity index (χ3n) is 4.30. The summed E-state index contributed by atoms with van der Waals surface area (Å²) in [5.41, 5.74) is 5.31. The van der Waals surface area contributed by atoms with E-state index >= 15 is 0 Å². The predicted octanol–water partition coefficient (Wildman–Crippen LogP) is 3.62. The summed E-state index contributed by atoms with van der Waals surface area (Å²) in [5.74, 6) is 1.80. The molecule has 0 bridgehead atoms. The first-order valence-corrected chi connectivity index (χ1v) is 7.27. The maximum absolute atomic E-state index is 5.33. The molecular weight excluding hydrogens is 274 g/mol. The lowest BCUT2D eigenvalue weighted by molar-refractivity contribution is 0.415. The Bertz CT molecular complexity index is 1050. The van der Waals surface area contributed by atoms with E-state index in [9.17, 15) is 0 Å². The third kappa shape index (κ3) is 1.46. The topological polar surface area (TPSA) is 39.9 Å². The molecule has 0 radical (unpaired) electrons. The maximum atomic E-state index is 5.33. The summed E-state index contributed by atoms with van der Waals surface area (Å²) >= 11 is 0. The molecule has 0 spiro atoms. The van der Waals surface area contributed by atoms with E-state index in [4.69, 9.17) is 14.7 Å². The third-order valence-corrected chi connectivity index (χ3v) is 4.30. The Morgan fingerprint density at radius 1 is 1.00 bits per heavy atom. The number of fused-ring (bicyclic) bond motifs is 6. The molecule has 0 unspecified atom stereocenters. The largest absolute Gasteiger partial charge is 0.497 e. The molecule has 22 heavy (non-hydrogen) atoms. The van der Waals surface area contributed by atoms with Crippen molar-refractivity contribution < 1.29 is 4.74 Å². The number of aromatic nitrogens is 3. The molecular formula is C18H13N3O. The Kier molecular flexibility index (Phi) is 2.17. The van der Waals surface area contributed by atoms with Crippen molar-refractivity contribution >= 4 is 21.9 Å². The van der Waals surface area contributed by atoms with Crippen LogP contribution in [-0.2, 0) is 6.54 Å². The van der Waals surface area contributed by atoms with Crippen LogP contribution in [0.5, 0.6) is 5.75 Å². The van der Waals surface area contributed by atoms with Crippen molar-refractivity contribution in [2.45, 2.75) is 6.54 Å². The average molecular weight is 287 g/mol. The summed E-state index contributed by atoms with van der Waals surface area (Å²) in [7, 11) is 1.69. The van der Waals surface area contributed by atoms with Crippen molar-refractivity contribution in [3.63, 3.8) is 0 Å². The summed E-state index contributed by atoms with van der Waals surface area (Å²) in [6.07, 6.45) is 0. The molecule has 0 saturated carbocycles. The molecule has 0 aliphatic carbocycles. The Morgan fingerprint density at radius 3 is 2.82 bits per heavy atom. The highest BCUT2D eigenvalue weighted by Gasteiger charge is 2.24. The van der Waals surface area contributed by atoms with Crippen LogP contribution in [0.15, 0.2) is 48.5 Å². The second-order valence-electron chi connectivity index (χ2n) is 5.57. The van der Waals surface area contributed by atoms with Gasteiger partial charge in [-0.2, -0.15) is 0 Å². The van der Waals surface area contributed by atoms with Gasteiger partial charge in [-0.3, -0.25) is 0 Å². The number of ether oxygens (including phenoxy) is 1. The number of benzene rings is 2. The van der Waals surface area contributed by atoms with Gasteiger partial charge in [-0.05, 0) is 24.3 Å². The number of methoxy groups -OCH3 is 1. The second-order valence-corrected chi connectivity index (χ2v) is 5.57. The number of pyridine rings is 1. The van der Waals surface area contributed by atoms with E-state index in [0.717, 1.165) is 40.4 Å². The van der Waals surface area contributed by atoms with Crippen molar-refractivity contribution in [2.24, 2.45) is 0 Å². The number of hydrogen-bond acceptors (Lipinski definition) is 3. The van der Waals surface area contributed by atoms with Gasteiger partial charge in [-0.25, -0.2) is 9.97 Å². The van der Waals surface area contributed by atoms with E-state index in [2.05, 4.69) is 16.7 Å². The van der Waals surface area contributed by atoms with Crippen LogP contribution in [0, 0.1) is 0 Å². The van der Waals surface area contributed by atoms with E-state index in [-0.39, 0.29) is 0 Å². The Hall–Kier alpha value is -2.88. The lowest BCUT2D eigenvalue weighted by Gasteiger charge is -2.03. The molecule has 0 atom stereocenters. The zero-order chi connectivity index (χ0) is 14.7. The fraction of sp³-hybridized carbons (Fsp3) is 0.111. The van der Waals surface area contributed by atoms with Gasteiger partial charge < -0.3 is 9.30 Å². The molecule has 106 valence electrons. The first-order chi connectivity index (χ1) is 10.8. The number of rotatable bonds is 1. The van der Waals surface area contributed by atoms with Gasteiger partial charge in [-0.1, -0.05) is 18.2 Å². The van der Waals surface area contributed by atoms with Gasteiger partial charge >= 0.3 is 0 Å². The molecule has 0 amide bonds. The summed E-state index contributed by atoms with van der Waals surface area (Å²) in [6, 6.07) is 16.4. The van der Waals surface area contributed by atoms with E-state index in [1.165, 1.54) is 10.9 Å². The number of hydrogen-bond donors (Lipinski definition) is 0. The van der Waals surface area contributed by atoms with E-state index in [1.54, 1.807) is 7.11 Å². The lowest BCUT2D eigenvalue weighted by Crippen LogP contribution is -1.93. The molecule has 0 fully saturated rings. The van der Waals surface area contributed by atoms with Crippen LogP contribution in [0.3, 0.4) is 0 Å². The standard InChI is InChI=1S/C18H13N3O/c1-22-13-6-7-15-16(9-13)21-10-12-8-11-4-2-3-5-14(11)19-17(12)18(21)20-15/h2-9H,10H2,1H3. The Balaban J connectivity index is 1.80. The van der Waals surface area contributed by atoms with Gasteiger partial charge in [0.15, 0.2) is 5.82 Å². The summed E-state index contributed by atoms with van der Waals surface area (Å²) < 4.78 is 7.55. The second kappa shape index (κ2) is 4.07. The monoisotopic (exact) mass is 287 g/mol. The van der Waals surface area contributed by atoms with Crippen LogP contribution in [0.25, 0.3) is 33.5 Å². The van der Waals surface area contributed by atoms with Gasteiger partial charge in [0.25, 0.3) is 0 Å². The van der Waals surface area contributed by atoms with Gasteiger partial charge in [0.05, 0.1) is 30.2 Å². The minimum Gasteiger partial charge on any atom is -0.497 e. The molecule has 1 aliphatic heterocycles. The highest BCUT2D eigenvalue weighted by Crippen LogP contribution is 2.35. The molecule has 5 rings (SSSR count). The van der Waals surface area contributed by atoms with Gasteiger partial charge in [0.1, 0.15) is 11.4 Å². The van der Waals surface area contributed by atoms with Crippen molar-refractivity contribution in [2.75, 3.05) is 7.11 Å². The minimum atomic E-state index is 0.812. The van der Waals surface area contributed by atoms with Gasteiger partial charge in [0.2, 0.25) is 0 Å². The summed E-state index contributed by atoms with van der Waals surface area (Å²) in [6.45, 7) is 0.812. The van der Waals surface area contributed by atoms with Crippen LogP contribution in [0.1, 0.15) is 5.56 Å². The fourth-order valence-corrected chi connectivity index (χ4v) is 3.21. The summed E-state index contributed by atoms with van der Waals surface area (Å²) in [4.78, 5) is 9.58. The molecule has 4 nitrogen and oxygen atoms in total. The number of para-hydroxylation sites is 1. The van der Waals surface area contributed by atoms with E-state index < -0.39 is 0 Å². The molecule has 0 saturated heterocycles. The zero-order valence-corrected chi connectivity index (χ0v) is 12.1. The first kappa shape index (κ1) is 11.7. The minimum absolute atomic E-state index is 0.812. The normalized spacial score (nSPS) is 12.6. The van der Waals surface area contributed by atoms with Crippen molar-refractivity contribution in [1.82, 2.24) is 14.5 Å². The molecule has 0 N–H and O–H groups in total. The van der Waals surface area contributed by atoms with Crippen LogP contribution < -0.4 is 4.74 Å². The van der Waals surface area contributed by atoms with Crippen LogP contribution in [0.2, 0.25) is 0 Å². The molecule has 3 heterocycles. The number of nitrogens with zero attached hydrogens (tertiary/aromatic N) is 3. The van der Waals surface area contributed by atoms with Crippen LogP contribution in [0.4, 0.5) is 0 Å². The zero-order valence-electron chi connectivity index (χ0n) is 12.1. The van der Waals surface area contributed by atoms with Crippen molar-refractivity contribution in [3.05, 3.63) is 54.1 Å². The van der Waals surface area contributed by atoms with E-state index in [0.29, 0.717) is 0 Å². The molecule has 4 heteroatoms. The quantitative estimate of drug-likeness (QED) is 0.473. The van der Waals surface area contributed by atoms with Crippen molar-refractivity contribution in [1.29, 1.82) is 0 Å². The molecule has 2 aromatic heterocycles. The highest BCUT2D eigenvalue weighted by molar-refractivity contribution is 5.87. The first-order valence-electron chi connectivity index (χ1n) is 7.27. The Labute approximate surface area is 127 Å². The predicted molar refractivity (Wildman–Crippen MR) is 86.1 cm³/mol. The molecule has 2 aromatic carbocycles. The van der Waals surface area contributed by atoms with Gasteiger partial charge in [0, 0.05) is 17.0 Å². The van der Waals surface area contributed by atoms with E-state index in [1.807, 2.05) is 36.4 Å². The summed E-state index contributed by atoms with van der Waals surface area (Å²) in [5, 5.41) is 1.17. The average Bonchev–Trinajstić information content (AvgIpc) is 3.08. The van der Waals surface area contributed by atoms with Crippen molar-refractivity contribution in [3.8, 4) is 17.3 Å². The van der Waals surface area contributed by atoms with Crippen LogP contribution in [-0.4, -0.2) is 21.6 Å². The smallest absolute Gasteiger partial charge is 0.160 e. The highest BCUT2D eigenvalue weighted by atomic mass is 16.5. The number of imidazole rings is 1. The fourth-order valence-electron chi connectivity index (χ4n) is 3.21. The lowest BCUT2D eigenvalue weighted by atomic mass is 10.1. The molecule has 4 aromatic rings. The van der Waals surface area contributed by atoms with Crippen LogP contribution >= 0.6 is 0 Å². The maximum Gasteiger partial charge on any atom is 0.160 e. The SMILES string of the molecule is COc1ccc2nc3n(c2c1)Cc1cc2ccccc2nc1-3. The Morgan fingerprint density at radius 2 is 1.91 bits per heavy atom. The van der Waals surface area contributed by atoms with Gasteiger partial charge in [-0.15, -0.1) is 0 Å².